The van der Waals surface area contributed by atoms with Crippen molar-refractivity contribution in [2.45, 2.75) is 45.7 Å². The van der Waals surface area contributed by atoms with Crippen molar-refractivity contribution in [2.75, 3.05) is 0 Å². The number of aliphatic hydroxyl groups is 1. The Morgan fingerprint density at radius 2 is 1.81 bits per heavy atom. The van der Waals surface area contributed by atoms with E-state index < -0.39 is 5.91 Å². The zero-order valence-corrected chi connectivity index (χ0v) is 18.8. The lowest BCUT2D eigenvalue weighted by molar-refractivity contribution is -0.259. The minimum Gasteiger partial charge on any atom is -0.448 e. The van der Waals surface area contributed by atoms with E-state index in [1.165, 1.54) is 6.08 Å². The molecular weight excluding hydrogens is 400 g/mol. The number of nitrogens with zero attached hydrogens (tertiary/aromatic N) is 2. The van der Waals surface area contributed by atoms with Gasteiger partial charge in [0.25, 0.3) is 5.91 Å². The molecule has 3 rings (SSSR count). The van der Waals surface area contributed by atoms with Crippen molar-refractivity contribution in [1.29, 1.82) is 0 Å². The highest BCUT2D eigenvalue weighted by atomic mass is 16.6. The van der Waals surface area contributed by atoms with Gasteiger partial charge in [0, 0.05) is 31.4 Å². The third-order valence-electron chi connectivity index (χ3n) is 5.27. The van der Waals surface area contributed by atoms with Crippen LogP contribution in [0.4, 0.5) is 0 Å². The van der Waals surface area contributed by atoms with Crippen LogP contribution in [0, 0.1) is 0 Å². The number of carbonyl (C=O) groups is 1. The molecule has 0 fully saturated rings. The molecule has 1 aromatic heterocycles. The number of carbonyl (C=O) groups excluding carboxylic acids is 1. The highest BCUT2D eigenvalue weighted by Crippen LogP contribution is 2.29. The highest BCUT2D eigenvalue weighted by Gasteiger charge is 2.37. The molecule has 0 amide bonds. The monoisotopic (exact) mass is 430 g/mol. The largest absolute Gasteiger partial charge is 0.448 e. The average Bonchev–Trinajstić information content (AvgIpc) is 2.82. The Morgan fingerprint density at radius 1 is 1.09 bits per heavy atom. The predicted molar refractivity (Wildman–Crippen MR) is 127 cm³/mol. The minimum absolute atomic E-state index is 0.00787. The van der Waals surface area contributed by atoms with Gasteiger partial charge in [-0.3, -0.25) is 9.78 Å². The SMILES string of the molecule is CCC(O)(Oc1ccccc1C(=O)/C=C/c1cccnc1)N(Cc1ccccc1)C(C)C. The van der Waals surface area contributed by atoms with Crippen molar-refractivity contribution in [3.8, 4) is 5.75 Å². The van der Waals surface area contributed by atoms with E-state index in [4.69, 9.17) is 4.74 Å². The van der Waals surface area contributed by atoms with Crippen molar-refractivity contribution >= 4 is 11.9 Å². The molecule has 0 saturated carbocycles. The quantitative estimate of drug-likeness (QED) is 0.268. The van der Waals surface area contributed by atoms with Gasteiger partial charge in [0.2, 0.25) is 0 Å². The van der Waals surface area contributed by atoms with Crippen LogP contribution in [0.2, 0.25) is 0 Å². The van der Waals surface area contributed by atoms with E-state index in [9.17, 15) is 9.90 Å². The summed E-state index contributed by atoms with van der Waals surface area (Å²) in [5.74, 6) is -1.44. The second kappa shape index (κ2) is 10.8. The predicted octanol–water partition coefficient (Wildman–Crippen LogP) is 5.32. The average molecular weight is 431 g/mol. The number of pyridine rings is 1. The topological polar surface area (TPSA) is 62.7 Å². The lowest BCUT2D eigenvalue weighted by atomic mass is 10.1. The Labute approximate surface area is 190 Å². The van der Waals surface area contributed by atoms with Gasteiger partial charge < -0.3 is 9.84 Å². The van der Waals surface area contributed by atoms with Gasteiger partial charge in [-0.15, -0.1) is 0 Å². The standard InChI is InChI=1S/C27H30N2O3/c1-4-27(31,29(21(2)3)20-23-11-6-5-7-12-23)32-26-15-9-8-14-24(26)25(30)17-16-22-13-10-18-28-19-22/h5-19,21,31H,4,20H2,1-3H3/b17-16+. The van der Waals surface area contributed by atoms with Gasteiger partial charge >= 0.3 is 0 Å². The minimum atomic E-state index is -1.58. The molecule has 0 spiro atoms. The van der Waals surface area contributed by atoms with Crippen molar-refractivity contribution in [3.63, 3.8) is 0 Å². The summed E-state index contributed by atoms with van der Waals surface area (Å²) >= 11 is 0. The molecule has 0 aliphatic heterocycles. The summed E-state index contributed by atoms with van der Waals surface area (Å²) in [6.45, 7) is 6.41. The van der Waals surface area contributed by atoms with E-state index in [0.29, 0.717) is 24.3 Å². The summed E-state index contributed by atoms with van der Waals surface area (Å²) in [5.41, 5.74) is 2.29. The van der Waals surface area contributed by atoms with E-state index in [-0.39, 0.29) is 11.8 Å². The van der Waals surface area contributed by atoms with Crippen LogP contribution >= 0.6 is 0 Å². The molecule has 2 aromatic carbocycles. The van der Waals surface area contributed by atoms with Gasteiger partial charge in [0.15, 0.2) is 5.78 Å². The fourth-order valence-corrected chi connectivity index (χ4v) is 3.50. The fraction of sp³-hybridized carbons (Fsp3) is 0.259. The molecule has 0 aliphatic carbocycles. The molecule has 0 saturated heterocycles. The molecule has 166 valence electrons. The molecule has 1 heterocycles. The summed E-state index contributed by atoms with van der Waals surface area (Å²) in [7, 11) is 0. The Bertz CT molecular complexity index is 1040. The van der Waals surface area contributed by atoms with Crippen LogP contribution < -0.4 is 4.74 Å². The van der Waals surface area contributed by atoms with Crippen LogP contribution in [-0.4, -0.2) is 32.7 Å². The number of aromatic nitrogens is 1. The maximum absolute atomic E-state index is 12.9. The first-order valence-corrected chi connectivity index (χ1v) is 10.9. The summed E-state index contributed by atoms with van der Waals surface area (Å²) in [5, 5.41) is 11.5. The van der Waals surface area contributed by atoms with E-state index >= 15 is 0 Å². The molecule has 1 N–H and O–H groups in total. The molecule has 5 heteroatoms. The Morgan fingerprint density at radius 3 is 2.47 bits per heavy atom. The number of hydrogen-bond donors (Lipinski definition) is 1. The molecule has 1 unspecified atom stereocenters. The third-order valence-corrected chi connectivity index (χ3v) is 5.27. The molecule has 1 atom stereocenters. The van der Waals surface area contributed by atoms with Gasteiger partial charge in [0.05, 0.1) is 5.56 Å². The van der Waals surface area contributed by atoms with Crippen molar-refractivity contribution in [3.05, 3.63) is 102 Å². The maximum Gasteiger partial charge on any atom is 0.270 e. The number of rotatable bonds is 10. The van der Waals surface area contributed by atoms with Crippen LogP contribution in [0.25, 0.3) is 6.08 Å². The highest BCUT2D eigenvalue weighted by molar-refractivity contribution is 6.08. The second-order valence-electron chi connectivity index (χ2n) is 7.89. The van der Waals surface area contributed by atoms with E-state index in [0.717, 1.165) is 11.1 Å². The van der Waals surface area contributed by atoms with Gasteiger partial charge in [-0.2, -0.15) is 0 Å². The van der Waals surface area contributed by atoms with Crippen LogP contribution in [0.5, 0.6) is 5.75 Å². The number of benzene rings is 2. The second-order valence-corrected chi connectivity index (χ2v) is 7.89. The summed E-state index contributed by atoms with van der Waals surface area (Å²) in [6.07, 6.45) is 6.91. The summed E-state index contributed by atoms with van der Waals surface area (Å²) in [4.78, 5) is 18.9. The van der Waals surface area contributed by atoms with Crippen LogP contribution in [0.3, 0.4) is 0 Å². The summed E-state index contributed by atoms with van der Waals surface area (Å²) < 4.78 is 6.17. The van der Waals surface area contributed by atoms with E-state index in [1.807, 2.05) is 68.1 Å². The van der Waals surface area contributed by atoms with Gasteiger partial charge in [-0.1, -0.05) is 55.5 Å². The first-order chi connectivity index (χ1) is 15.4. The van der Waals surface area contributed by atoms with Gasteiger partial charge in [-0.25, -0.2) is 4.90 Å². The Balaban J connectivity index is 1.86. The van der Waals surface area contributed by atoms with E-state index in [1.54, 1.807) is 42.7 Å². The molecule has 0 aliphatic rings. The molecule has 0 radical (unpaired) electrons. The first kappa shape index (κ1) is 23.4. The van der Waals surface area contributed by atoms with E-state index in [2.05, 4.69) is 4.98 Å². The number of allylic oxidation sites excluding steroid dienone is 1. The third kappa shape index (κ3) is 5.90. The lowest BCUT2D eigenvalue weighted by Crippen LogP contribution is -2.55. The van der Waals surface area contributed by atoms with Crippen molar-refractivity contribution < 1.29 is 14.6 Å². The van der Waals surface area contributed by atoms with Crippen molar-refractivity contribution in [2.24, 2.45) is 0 Å². The molecule has 3 aromatic rings. The zero-order chi connectivity index (χ0) is 23.0. The number of ketones is 1. The zero-order valence-electron chi connectivity index (χ0n) is 18.8. The molecular formula is C27H30N2O3. The molecule has 0 bridgehead atoms. The number of ether oxygens (including phenoxy) is 1. The van der Waals surface area contributed by atoms with Crippen LogP contribution in [0.15, 0.2) is 85.2 Å². The maximum atomic E-state index is 12.9. The molecule has 5 nitrogen and oxygen atoms in total. The first-order valence-electron chi connectivity index (χ1n) is 10.9. The normalized spacial score (nSPS) is 13.4. The van der Waals surface area contributed by atoms with Crippen molar-refractivity contribution in [1.82, 2.24) is 9.88 Å². The van der Waals surface area contributed by atoms with Crippen LogP contribution in [-0.2, 0) is 6.54 Å². The molecule has 32 heavy (non-hydrogen) atoms. The Kier molecular flexibility index (Phi) is 7.92. The lowest BCUT2D eigenvalue weighted by Gasteiger charge is -2.41. The Hall–Kier alpha value is -3.28. The van der Waals surface area contributed by atoms with Gasteiger partial charge in [0.1, 0.15) is 5.75 Å². The number of hydrogen-bond acceptors (Lipinski definition) is 5. The number of para-hydroxylation sites is 1. The smallest absolute Gasteiger partial charge is 0.270 e. The fourth-order valence-electron chi connectivity index (χ4n) is 3.50. The van der Waals surface area contributed by atoms with Gasteiger partial charge in [-0.05, 0) is 55.3 Å². The van der Waals surface area contributed by atoms with Crippen LogP contribution in [0.1, 0.15) is 48.7 Å². The summed E-state index contributed by atoms with van der Waals surface area (Å²) in [6, 6.07) is 20.7.